The summed E-state index contributed by atoms with van der Waals surface area (Å²) >= 11 is 0. The van der Waals surface area contributed by atoms with Crippen molar-refractivity contribution in [3.63, 3.8) is 0 Å². The van der Waals surface area contributed by atoms with Crippen molar-refractivity contribution in [2.75, 3.05) is 0 Å². The van der Waals surface area contributed by atoms with Gasteiger partial charge in [-0.2, -0.15) is 5.26 Å². The summed E-state index contributed by atoms with van der Waals surface area (Å²) in [5.74, 6) is -1.14. The molecule has 0 aliphatic heterocycles. The minimum absolute atomic E-state index is 0.0312. The maximum atomic E-state index is 12.9. The summed E-state index contributed by atoms with van der Waals surface area (Å²) in [6.07, 6.45) is -0.0312. The first-order chi connectivity index (χ1) is 7.04. The Bertz CT molecular complexity index is 425. The highest BCUT2D eigenvalue weighted by Gasteiger charge is 2.11. The highest BCUT2D eigenvalue weighted by atomic mass is 19.1. The Labute approximate surface area is 86.3 Å². The van der Waals surface area contributed by atoms with Crippen molar-refractivity contribution >= 4 is 5.91 Å². The molecule has 5 heteroatoms. The predicted octanol–water partition coefficient (Wildman–Crippen LogP) is 0.573. The second kappa shape index (κ2) is 4.53. The summed E-state index contributed by atoms with van der Waals surface area (Å²) in [6, 6.07) is 5.00. The molecular formula is C10H10FN3O. The summed E-state index contributed by atoms with van der Waals surface area (Å²) in [4.78, 5) is 10.6. The average molecular weight is 207 g/mol. The topological polar surface area (TPSA) is 92.9 Å². The molecule has 4 N–H and O–H groups in total. The van der Waals surface area contributed by atoms with Crippen molar-refractivity contribution in [1.82, 2.24) is 0 Å². The number of nitrogens with zero attached hydrogens (tertiary/aromatic N) is 1. The van der Waals surface area contributed by atoms with E-state index in [9.17, 15) is 9.18 Å². The van der Waals surface area contributed by atoms with E-state index < -0.39 is 17.8 Å². The van der Waals surface area contributed by atoms with Gasteiger partial charge in [-0.3, -0.25) is 4.79 Å². The molecule has 1 atom stereocenters. The van der Waals surface area contributed by atoms with E-state index in [0.29, 0.717) is 5.56 Å². The first-order valence-electron chi connectivity index (χ1n) is 4.28. The van der Waals surface area contributed by atoms with E-state index in [2.05, 4.69) is 0 Å². The van der Waals surface area contributed by atoms with Crippen LogP contribution in [0.15, 0.2) is 18.2 Å². The molecule has 1 amide bonds. The molecule has 0 spiro atoms. The van der Waals surface area contributed by atoms with Gasteiger partial charge in [0.25, 0.3) is 0 Å². The van der Waals surface area contributed by atoms with Crippen LogP contribution in [0.3, 0.4) is 0 Å². The Morgan fingerprint density at radius 3 is 2.80 bits per heavy atom. The number of rotatable bonds is 3. The van der Waals surface area contributed by atoms with Gasteiger partial charge >= 0.3 is 0 Å². The van der Waals surface area contributed by atoms with E-state index in [1.165, 1.54) is 12.1 Å². The molecule has 1 rings (SSSR count). The fraction of sp³-hybridized carbons (Fsp3) is 0.200. The van der Waals surface area contributed by atoms with Gasteiger partial charge in [-0.15, -0.1) is 0 Å². The van der Waals surface area contributed by atoms with Crippen LogP contribution in [0, 0.1) is 17.1 Å². The number of halogens is 1. The van der Waals surface area contributed by atoms with E-state index in [0.717, 1.165) is 6.07 Å². The van der Waals surface area contributed by atoms with Gasteiger partial charge in [0.15, 0.2) is 0 Å². The lowest BCUT2D eigenvalue weighted by Gasteiger charge is -2.09. The van der Waals surface area contributed by atoms with Gasteiger partial charge in [-0.05, 0) is 17.7 Å². The van der Waals surface area contributed by atoms with Gasteiger partial charge in [0, 0.05) is 12.5 Å². The van der Waals surface area contributed by atoms with Crippen LogP contribution >= 0.6 is 0 Å². The monoisotopic (exact) mass is 207 g/mol. The van der Waals surface area contributed by atoms with E-state index in [1.807, 2.05) is 0 Å². The van der Waals surface area contributed by atoms with Crippen LogP contribution in [0.25, 0.3) is 0 Å². The van der Waals surface area contributed by atoms with Gasteiger partial charge in [0.1, 0.15) is 11.9 Å². The minimum Gasteiger partial charge on any atom is -0.370 e. The zero-order valence-electron chi connectivity index (χ0n) is 7.90. The van der Waals surface area contributed by atoms with Crippen molar-refractivity contribution in [3.8, 4) is 6.07 Å². The van der Waals surface area contributed by atoms with Crippen LogP contribution in [0.5, 0.6) is 0 Å². The lowest BCUT2D eigenvalue weighted by Crippen LogP contribution is -2.20. The van der Waals surface area contributed by atoms with Crippen molar-refractivity contribution in [1.29, 1.82) is 5.26 Å². The number of carbonyl (C=O) groups excluding carboxylic acids is 1. The lowest BCUT2D eigenvalue weighted by molar-refractivity contribution is -0.118. The molecule has 0 aliphatic rings. The summed E-state index contributed by atoms with van der Waals surface area (Å²) in [5.41, 5.74) is 11.0. The molecule has 0 heterocycles. The maximum absolute atomic E-state index is 12.9. The van der Waals surface area contributed by atoms with Gasteiger partial charge in [0.2, 0.25) is 5.91 Å². The fourth-order valence-corrected chi connectivity index (χ4v) is 1.19. The maximum Gasteiger partial charge on any atom is 0.219 e. The van der Waals surface area contributed by atoms with Crippen LogP contribution in [-0.2, 0) is 4.79 Å². The summed E-state index contributed by atoms with van der Waals surface area (Å²) in [6.45, 7) is 0. The van der Waals surface area contributed by atoms with Crippen LogP contribution in [0.1, 0.15) is 23.6 Å². The van der Waals surface area contributed by atoms with Gasteiger partial charge in [-0.25, -0.2) is 4.39 Å². The number of nitriles is 1. The number of amides is 1. The fourth-order valence-electron chi connectivity index (χ4n) is 1.19. The molecule has 0 fully saturated rings. The van der Waals surface area contributed by atoms with Crippen molar-refractivity contribution in [3.05, 3.63) is 35.1 Å². The molecule has 15 heavy (non-hydrogen) atoms. The molecule has 1 aromatic rings. The third-order valence-electron chi connectivity index (χ3n) is 1.96. The summed E-state index contributed by atoms with van der Waals surface area (Å²) in [5, 5.41) is 8.58. The second-order valence-electron chi connectivity index (χ2n) is 3.13. The Kier molecular flexibility index (Phi) is 3.37. The Morgan fingerprint density at radius 1 is 1.60 bits per heavy atom. The zero-order chi connectivity index (χ0) is 11.4. The molecule has 0 aliphatic carbocycles. The second-order valence-corrected chi connectivity index (χ2v) is 3.13. The number of hydrogen-bond acceptors (Lipinski definition) is 3. The van der Waals surface area contributed by atoms with Crippen molar-refractivity contribution in [2.45, 2.75) is 12.5 Å². The highest BCUT2D eigenvalue weighted by Crippen LogP contribution is 2.17. The molecule has 0 saturated heterocycles. The zero-order valence-corrected chi connectivity index (χ0v) is 7.90. The summed E-state index contributed by atoms with van der Waals surface area (Å²) in [7, 11) is 0. The molecule has 0 radical (unpaired) electrons. The number of benzene rings is 1. The molecule has 0 aromatic heterocycles. The van der Waals surface area contributed by atoms with Crippen LogP contribution in [0.2, 0.25) is 0 Å². The molecule has 0 saturated carbocycles. The number of carbonyl (C=O) groups is 1. The van der Waals surface area contributed by atoms with Gasteiger partial charge in [0.05, 0.1) is 5.56 Å². The third kappa shape index (κ3) is 2.76. The van der Waals surface area contributed by atoms with Crippen LogP contribution in [0.4, 0.5) is 4.39 Å². The standard InChI is InChI=1S/C10H10FN3O/c11-8-2-1-6(3-7(8)5-12)9(13)4-10(14)15/h1-3,9H,4,13H2,(H2,14,15). The summed E-state index contributed by atoms with van der Waals surface area (Å²) < 4.78 is 12.9. The Balaban J connectivity index is 2.96. The SMILES string of the molecule is N#Cc1cc(C(N)CC(N)=O)ccc1F. The average Bonchev–Trinajstić information content (AvgIpc) is 2.17. The Morgan fingerprint density at radius 2 is 2.27 bits per heavy atom. The van der Waals surface area contributed by atoms with Crippen molar-refractivity contribution < 1.29 is 9.18 Å². The molecule has 1 aromatic carbocycles. The normalized spacial score (nSPS) is 11.8. The molecular weight excluding hydrogens is 197 g/mol. The molecule has 1 unspecified atom stereocenters. The lowest BCUT2D eigenvalue weighted by atomic mass is 10.0. The molecule has 78 valence electrons. The third-order valence-corrected chi connectivity index (χ3v) is 1.96. The number of hydrogen-bond donors (Lipinski definition) is 2. The van der Waals surface area contributed by atoms with Crippen molar-refractivity contribution in [2.24, 2.45) is 11.5 Å². The van der Waals surface area contributed by atoms with Crippen LogP contribution in [-0.4, -0.2) is 5.91 Å². The smallest absolute Gasteiger partial charge is 0.219 e. The van der Waals surface area contributed by atoms with E-state index in [-0.39, 0.29) is 12.0 Å². The quantitative estimate of drug-likeness (QED) is 0.758. The molecule has 4 nitrogen and oxygen atoms in total. The minimum atomic E-state index is -0.604. The van der Waals surface area contributed by atoms with E-state index >= 15 is 0 Å². The van der Waals surface area contributed by atoms with Crippen LogP contribution < -0.4 is 11.5 Å². The van der Waals surface area contributed by atoms with Gasteiger partial charge < -0.3 is 11.5 Å². The number of nitrogens with two attached hydrogens (primary N) is 2. The largest absolute Gasteiger partial charge is 0.370 e. The first-order valence-corrected chi connectivity index (χ1v) is 4.28. The van der Waals surface area contributed by atoms with E-state index in [4.69, 9.17) is 16.7 Å². The number of primary amides is 1. The van der Waals surface area contributed by atoms with E-state index in [1.54, 1.807) is 6.07 Å². The Hall–Kier alpha value is -1.93. The first kappa shape index (κ1) is 11.1. The predicted molar refractivity (Wildman–Crippen MR) is 51.9 cm³/mol. The molecule has 0 bridgehead atoms. The van der Waals surface area contributed by atoms with Gasteiger partial charge in [-0.1, -0.05) is 6.07 Å². The highest BCUT2D eigenvalue weighted by molar-refractivity contribution is 5.74.